The number of benzene rings is 1. The van der Waals surface area contributed by atoms with Crippen molar-refractivity contribution in [2.75, 3.05) is 5.32 Å². The van der Waals surface area contributed by atoms with Crippen LogP contribution in [0.5, 0.6) is 0 Å². The third-order valence-corrected chi connectivity index (χ3v) is 4.62. The third kappa shape index (κ3) is 1.87. The molecule has 1 aromatic heterocycles. The summed E-state index contributed by atoms with van der Waals surface area (Å²) >= 11 is 0. The predicted molar refractivity (Wildman–Crippen MR) is 76.0 cm³/mol. The fourth-order valence-electron chi connectivity index (χ4n) is 3.75. The Morgan fingerprint density at radius 3 is 2.62 bits per heavy atom. The van der Waals surface area contributed by atoms with Crippen molar-refractivity contribution in [3.8, 4) is 0 Å². The normalized spacial score (nSPS) is 22.4. The Balaban J connectivity index is 1.79. The summed E-state index contributed by atoms with van der Waals surface area (Å²) < 4.78 is 26.7. The van der Waals surface area contributed by atoms with E-state index in [0.29, 0.717) is 11.8 Å². The molecule has 108 valence electrons. The van der Waals surface area contributed by atoms with Crippen molar-refractivity contribution in [3.63, 3.8) is 0 Å². The lowest BCUT2D eigenvalue weighted by molar-refractivity contribution is 0.586. The van der Waals surface area contributed by atoms with Gasteiger partial charge in [0.1, 0.15) is 11.6 Å². The smallest absolute Gasteiger partial charge is 0.251 e. The predicted octanol–water partition coefficient (Wildman–Crippen LogP) is 3.76. The van der Waals surface area contributed by atoms with E-state index >= 15 is 0 Å². The molecule has 5 heteroatoms. The van der Waals surface area contributed by atoms with Gasteiger partial charge >= 0.3 is 0 Å². The van der Waals surface area contributed by atoms with Crippen LogP contribution in [0, 0.1) is 11.6 Å². The lowest BCUT2D eigenvalue weighted by atomic mass is 9.92. The molecule has 2 aromatic rings. The zero-order valence-corrected chi connectivity index (χ0v) is 11.2. The van der Waals surface area contributed by atoms with E-state index in [1.807, 2.05) is 0 Å². The van der Waals surface area contributed by atoms with Gasteiger partial charge in [0.2, 0.25) is 0 Å². The van der Waals surface area contributed by atoms with Crippen LogP contribution in [0.2, 0.25) is 0 Å². The minimum Gasteiger partial charge on any atom is -0.352 e. The molecular weight excluding hydrogens is 274 g/mol. The Morgan fingerprint density at radius 2 is 1.86 bits per heavy atom. The number of H-pyrrole nitrogens is 1. The molecule has 4 rings (SSSR count). The minimum absolute atomic E-state index is 0.0395. The van der Waals surface area contributed by atoms with Crippen molar-refractivity contribution in [3.05, 3.63) is 57.5 Å². The van der Waals surface area contributed by atoms with Gasteiger partial charge in [-0.15, -0.1) is 0 Å². The lowest BCUT2D eigenvalue weighted by Crippen LogP contribution is -2.18. The van der Waals surface area contributed by atoms with E-state index < -0.39 is 11.6 Å². The molecule has 2 unspecified atom stereocenters. The van der Waals surface area contributed by atoms with Gasteiger partial charge in [-0.1, -0.05) is 0 Å². The molecule has 2 N–H and O–H groups in total. The lowest BCUT2D eigenvalue weighted by Gasteiger charge is -2.19. The van der Waals surface area contributed by atoms with E-state index in [9.17, 15) is 13.6 Å². The number of fused-ring (bicyclic) bond motifs is 5. The fourth-order valence-corrected chi connectivity index (χ4v) is 3.75. The van der Waals surface area contributed by atoms with Crippen molar-refractivity contribution in [1.29, 1.82) is 0 Å². The van der Waals surface area contributed by atoms with E-state index in [4.69, 9.17) is 0 Å². The van der Waals surface area contributed by atoms with Crippen molar-refractivity contribution in [2.45, 2.75) is 31.1 Å². The second-order valence-corrected chi connectivity index (χ2v) is 5.81. The first-order chi connectivity index (χ1) is 10.1. The van der Waals surface area contributed by atoms with E-state index in [0.717, 1.165) is 42.1 Å². The molecule has 2 aliphatic carbocycles. The zero-order chi connectivity index (χ0) is 14.6. The molecule has 0 amide bonds. The molecule has 0 spiro atoms. The molecule has 1 heterocycles. The van der Waals surface area contributed by atoms with Gasteiger partial charge in [-0.05, 0) is 48.8 Å². The van der Waals surface area contributed by atoms with Crippen molar-refractivity contribution < 1.29 is 8.78 Å². The van der Waals surface area contributed by atoms with Crippen LogP contribution < -0.4 is 10.9 Å². The SMILES string of the molecule is O=c1[nH]cc(Nc2ccc(F)cc2F)c2c1C1CCC2C1. The summed E-state index contributed by atoms with van der Waals surface area (Å²) in [6, 6.07) is 3.43. The topological polar surface area (TPSA) is 44.9 Å². The fraction of sp³-hybridized carbons (Fsp3) is 0.312. The Morgan fingerprint density at radius 1 is 1.10 bits per heavy atom. The van der Waals surface area contributed by atoms with Crippen molar-refractivity contribution in [1.82, 2.24) is 4.98 Å². The second-order valence-electron chi connectivity index (χ2n) is 5.81. The minimum atomic E-state index is -0.641. The van der Waals surface area contributed by atoms with Crippen LogP contribution in [0.3, 0.4) is 0 Å². The van der Waals surface area contributed by atoms with Gasteiger partial charge in [-0.3, -0.25) is 4.79 Å². The number of rotatable bonds is 2. The molecule has 1 saturated carbocycles. The molecule has 2 bridgehead atoms. The molecule has 1 aromatic carbocycles. The van der Waals surface area contributed by atoms with Gasteiger partial charge in [-0.2, -0.15) is 0 Å². The van der Waals surface area contributed by atoms with Gasteiger partial charge in [0.15, 0.2) is 0 Å². The van der Waals surface area contributed by atoms with Gasteiger partial charge in [0.25, 0.3) is 5.56 Å². The first-order valence-electron chi connectivity index (χ1n) is 7.11. The highest BCUT2D eigenvalue weighted by Crippen LogP contribution is 2.54. The standard InChI is InChI=1S/C16H14F2N2O/c17-10-3-4-12(11(18)6-10)20-13-7-19-16(21)15-9-2-1-8(5-9)14(13)15/h3-4,6-9,20H,1-2,5H2,(H,19,21). The van der Waals surface area contributed by atoms with Crippen LogP contribution in [-0.2, 0) is 0 Å². The maximum atomic E-state index is 13.8. The van der Waals surface area contributed by atoms with Crippen LogP contribution in [-0.4, -0.2) is 4.98 Å². The molecule has 2 aliphatic rings. The van der Waals surface area contributed by atoms with Crippen molar-refractivity contribution >= 4 is 11.4 Å². The summed E-state index contributed by atoms with van der Waals surface area (Å²) in [4.78, 5) is 14.7. The average Bonchev–Trinajstić information content (AvgIpc) is 3.06. The monoisotopic (exact) mass is 288 g/mol. The molecule has 2 atom stereocenters. The molecule has 21 heavy (non-hydrogen) atoms. The Kier molecular flexibility index (Phi) is 2.64. The van der Waals surface area contributed by atoms with Gasteiger partial charge in [-0.25, -0.2) is 8.78 Å². The summed E-state index contributed by atoms with van der Waals surface area (Å²) in [6.07, 6.45) is 4.71. The zero-order valence-electron chi connectivity index (χ0n) is 11.2. The Hall–Kier alpha value is -2.17. The average molecular weight is 288 g/mol. The molecule has 1 fully saturated rings. The van der Waals surface area contributed by atoms with Crippen LogP contribution in [0.15, 0.2) is 29.2 Å². The Bertz CT molecular complexity index is 784. The van der Waals surface area contributed by atoms with Crippen LogP contribution in [0.1, 0.15) is 42.2 Å². The van der Waals surface area contributed by atoms with Crippen LogP contribution in [0.4, 0.5) is 20.2 Å². The molecule has 0 aliphatic heterocycles. The summed E-state index contributed by atoms with van der Waals surface area (Å²) in [6.45, 7) is 0. The van der Waals surface area contributed by atoms with Crippen molar-refractivity contribution in [2.24, 2.45) is 0 Å². The molecule has 3 nitrogen and oxygen atoms in total. The Labute approximate surface area is 120 Å². The van der Waals surface area contributed by atoms with Gasteiger partial charge < -0.3 is 10.3 Å². The molecule has 0 radical (unpaired) electrons. The molecule has 0 saturated heterocycles. The largest absolute Gasteiger partial charge is 0.352 e. The van der Waals surface area contributed by atoms with E-state index in [-0.39, 0.29) is 11.2 Å². The van der Waals surface area contributed by atoms with E-state index in [1.54, 1.807) is 6.20 Å². The number of anilines is 2. The maximum Gasteiger partial charge on any atom is 0.251 e. The number of halogens is 2. The number of pyridine rings is 1. The number of aromatic nitrogens is 1. The molecular formula is C16H14F2N2O. The quantitative estimate of drug-likeness (QED) is 0.883. The first-order valence-corrected chi connectivity index (χ1v) is 7.11. The van der Waals surface area contributed by atoms with Gasteiger partial charge in [0.05, 0.1) is 11.4 Å². The number of aromatic amines is 1. The number of hydrogen-bond donors (Lipinski definition) is 2. The maximum absolute atomic E-state index is 13.8. The highest BCUT2D eigenvalue weighted by atomic mass is 19.1. The van der Waals surface area contributed by atoms with E-state index in [1.165, 1.54) is 12.1 Å². The number of hydrogen-bond acceptors (Lipinski definition) is 2. The van der Waals surface area contributed by atoms with Gasteiger partial charge in [0, 0.05) is 17.8 Å². The highest BCUT2D eigenvalue weighted by Gasteiger charge is 2.40. The van der Waals surface area contributed by atoms with E-state index in [2.05, 4.69) is 10.3 Å². The number of nitrogens with one attached hydrogen (secondary N) is 2. The summed E-state index contributed by atoms with van der Waals surface area (Å²) in [5.41, 5.74) is 2.76. The summed E-state index contributed by atoms with van der Waals surface area (Å²) in [5.74, 6) is -0.547. The third-order valence-electron chi connectivity index (χ3n) is 4.62. The summed E-state index contributed by atoms with van der Waals surface area (Å²) in [7, 11) is 0. The highest BCUT2D eigenvalue weighted by molar-refractivity contribution is 5.67. The van der Waals surface area contributed by atoms with Crippen LogP contribution >= 0.6 is 0 Å². The first kappa shape index (κ1) is 12.6. The summed E-state index contributed by atoms with van der Waals surface area (Å²) in [5, 5.41) is 3.00. The van der Waals surface area contributed by atoms with Crippen LogP contribution in [0.25, 0.3) is 0 Å². The second kappa shape index (κ2) is 4.41.